The topological polar surface area (TPSA) is 49.9 Å². The maximum atomic E-state index is 12.4. The van der Waals surface area contributed by atoms with Crippen molar-refractivity contribution in [3.63, 3.8) is 0 Å². The van der Waals surface area contributed by atoms with Crippen molar-refractivity contribution in [3.8, 4) is 0 Å². The normalized spacial score (nSPS) is 26.9. The summed E-state index contributed by atoms with van der Waals surface area (Å²) in [4.78, 5) is 27.4. The fourth-order valence-electron chi connectivity index (χ4n) is 2.82. The molecule has 0 bridgehead atoms. The molecule has 5 heteroatoms. The average molecular weight is 282 g/mol. The fraction of sp³-hybridized carbons (Fsp3) is 0.867. The SMILES string of the molecule is CC(C)CCO[C@@H]1CCN(C(=O)[C@H]2CC(=O)N(C)C2)C1. The van der Waals surface area contributed by atoms with Crippen LogP contribution in [0.2, 0.25) is 0 Å². The summed E-state index contributed by atoms with van der Waals surface area (Å²) in [5.41, 5.74) is 0. The van der Waals surface area contributed by atoms with Crippen LogP contribution in [0.5, 0.6) is 0 Å². The van der Waals surface area contributed by atoms with Gasteiger partial charge in [0.25, 0.3) is 0 Å². The highest BCUT2D eigenvalue weighted by Crippen LogP contribution is 2.22. The number of amides is 2. The van der Waals surface area contributed by atoms with Crippen LogP contribution < -0.4 is 0 Å². The zero-order valence-corrected chi connectivity index (χ0v) is 12.8. The molecule has 2 heterocycles. The van der Waals surface area contributed by atoms with Gasteiger partial charge >= 0.3 is 0 Å². The van der Waals surface area contributed by atoms with Crippen LogP contribution in [0, 0.1) is 11.8 Å². The van der Waals surface area contributed by atoms with Crippen LogP contribution in [0.4, 0.5) is 0 Å². The van der Waals surface area contributed by atoms with Crippen LogP contribution in [-0.2, 0) is 14.3 Å². The molecular formula is C15H26N2O3. The van der Waals surface area contributed by atoms with Gasteiger partial charge < -0.3 is 14.5 Å². The van der Waals surface area contributed by atoms with E-state index in [9.17, 15) is 9.59 Å². The van der Waals surface area contributed by atoms with E-state index in [1.165, 1.54) is 0 Å². The zero-order valence-electron chi connectivity index (χ0n) is 12.8. The van der Waals surface area contributed by atoms with Gasteiger partial charge in [0.1, 0.15) is 0 Å². The minimum Gasteiger partial charge on any atom is -0.376 e. The summed E-state index contributed by atoms with van der Waals surface area (Å²) < 4.78 is 5.83. The Morgan fingerprint density at radius 3 is 2.75 bits per heavy atom. The minimum atomic E-state index is -0.151. The third-order valence-corrected chi connectivity index (χ3v) is 4.20. The van der Waals surface area contributed by atoms with E-state index < -0.39 is 0 Å². The minimum absolute atomic E-state index is 0.0762. The van der Waals surface area contributed by atoms with Crippen LogP contribution in [0.15, 0.2) is 0 Å². The van der Waals surface area contributed by atoms with Crippen molar-refractivity contribution < 1.29 is 14.3 Å². The molecule has 2 fully saturated rings. The van der Waals surface area contributed by atoms with E-state index in [4.69, 9.17) is 4.74 Å². The van der Waals surface area contributed by atoms with Gasteiger partial charge in [0.05, 0.1) is 12.0 Å². The fourth-order valence-corrected chi connectivity index (χ4v) is 2.82. The molecule has 2 rings (SSSR count). The molecule has 0 N–H and O–H groups in total. The largest absolute Gasteiger partial charge is 0.376 e. The molecule has 2 saturated heterocycles. The van der Waals surface area contributed by atoms with Crippen LogP contribution in [-0.4, -0.2) is 61.0 Å². The van der Waals surface area contributed by atoms with Crippen molar-refractivity contribution in [3.05, 3.63) is 0 Å². The second kappa shape index (κ2) is 6.57. The Balaban J connectivity index is 1.75. The van der Waals surface area contributed by atoms with Gasteiger partial charge in [0.2, 0.25) is 11.8 Å². The van der Waals surface area contributed by atoms with Crippen molar-refractivity contribution in [2.45, 2.75) is 39.2 Å². The van der Waals surface area contributed by atoms with Crippen molar-refractivity contribution in [1.82, 2.24) is 9.80 Å². The molecule has 0 unspecified atom stereocenters. The van der Waals surface area contributed by atoms with Gasteiger partial charge in [-0.2, -0.15) is 0 Å². The lowest BCUT2D eigenvalue weighted by atomic mass is 10.1. The second-order valence-corrected chi connectivity index (χ2v) is 6.42. The maximum absolute atomic E-state index is 12.4. The van der Waals surface area contributed by atoms with Gasteiger partial charge in [-0.05, 0) is 18.8 Å². The van der Waals surface area contributed by atoms with E-state index in [2.05, 4.69) is 13.8 Å². The summed E-state index contributed by atoms with van der Waals surface area (Å²) in [6, 6.07) is 0. The first-order valence-electron chi connectivity index (χ1n) is 7.61. The van der Waals surface area contributed by atoms with Crippen LogP contribution in [0.3, 0.4) is 0 Å². The second-order valence-electron chi connectivity index (χ2n) is 6.42. The van der Waals surface area contributed by atoms with E-state index >= 15 is 0 Å². The van der Waals surface area contributed by atoms with E-state index in [0.29, 0.717) is 25.4 Å². The number of likely N-dealkylation sites (tertiary alicyclic amines) is 2. The molecule has 0 aromatic heterocycles. The van der Waals surface area contributed by atoms with Crippen LogP contribution >= 0.6 is 0 Å². The highest BCUT2D eigenvalue weighted by Gasteiger charge is 2.37. The highest BCUT2D eigenvalue weighted by molar-refractivity contribution is 5.89. The number of ether oxygens (including phenoxy) is 1. The molecule has 0 aromatic carbocycles. The summed E-state index contributed by atoms with van der Waals surface area (Å²) >= 11 is 0. The van der Waals surface area contributed by atoms with Gasteiger partial charge in [0.15, 0.2) is 0 Å². The molecule has 0 aromatic rings. The van der Waals surface area contributed by atoms with Crippen molar-refractivity contribution >= 4 is 11.8 Å². The van der Waals surface area contributed by atoms with Crippen molar-refractivity contribution in [1.29, 1.82) is 0 Å². The molecule has 0 spiro atoms. The summed E-state index contributed by atoms with van der Waals surface area (Å²) in [6.45, 7) is 7.15. The molecule has 2 aliphatic rings. The first-order valence-corrected chi connectivity index (χ1v) is 7.61. The summed E-state index contributed by atoms with van der Waals surface area (Å²) in [6.07, 6.45) is 2.52. The van der Waals surface area contributed by atoms with Gasteiger partial charge in [-0.15, -0.1) is 0 Å². The van der Waals surface area contributed by atoms with E-state index in [0.717, 1.165) is 26.0 Å². The predicted octanol–water partition coefficient (Wildman–Crippen LogP) is 1.13. The molecular weight excluding hydrogens is 256 g/mol. The summed E-state index contributed by atoms with van der Waals surface area (Å²) in [5, 5.41) is 0. The lowest BCUT2D eigenvalue weighted by Gasteiger charge is -2.20. The smallest absolute Gasteiger partial charge is 0.228 e. The number of nitrogens with zero attached hydrogens (tertiary/aromatic N) is 2. The van der Waals surface area contributed by atoms with E-state index in [1.54, 1.807) is 11.9 Å². The van der Waals surface area contributed by atoms with E-state index in [1.807, 2.05) is 4.90 Å². The Hall–Kier alpha value is -1.10. The lowest BCUT2D eigenvalue weighted by molar-refractivity contribution is -0.135. The zero-order chi connectivity index (χ0) is 14.7. The molecule has 0 radical (unpaired) electrons. The molecule has 114 valence electrons. The Labute approximate surface area is 121 Å². The van der Waals surface area contributed by atoms with E-state index in [-0.39, 0.29) is 23.8 Å². The summed E-state index contributed by atoms with van der Waals surface area (Å²) in [5.74, 6) is 0.695. The van der Waals surface area contributed by atoms with Crippen molar-refractivity contribution in [2.75, 3.05) is 33.3 Å². The number of hydrogen-bond donors (Lipinski definition) is 0. The Kier molecular flexibility index (Phi) is 5.02. The molecule has 2 amide bonds. The Bertz CT molecular complexity index is 370. The lowest BCUT2D eigenvalue weighted by Crippen LogP contribution is -2.36. The first kappa shape index (κ1) is 15.3. The highest BCUT2D eigenvalue weighted by atomic mass is 16.5. The van der Waals surface area contributed by atoms with Crippen LogP contribution in [0.1, 0.15) is 33.1 Å². The third kappa shape index (κ3) is 3.72. The molecule has 2 aliphatic heterocycles. The van der Waals surface area contributed by atoms with Gasteiger partial charge in [-0.3, -0.25) is 9.59 Å². The molecule has 0 saturated carbocycles. The van der Waals surface area contributed by atoms with Crippen LogP contribution in [0.25, 0.3) is 0 Å². The average Bonchev–Trinajstić information content (AvgIpc) is 2.96. The quantitative estimate of drug-likeness (QED) is 0.759. The molecule has 0 aliphatic carbocycles. The summed E-state index contributed by atoms with van der Waals surface area (Å²) in [7, 11) is 1.76. The maximum Gasteiger partial charge on any atom is 0.228 e. The van der Waals surface area contributed by atoms with Gasteiger partial charge in [-0.1, -0.05) is 13.8 Å². The third-order valence-electron chi connectivity index (χ3n) is 4.20. The number of carbonyl (C=O) groups is 2. The van der Waals surface area contributed by atoms with Crippen molar-refractivity contribution in [2.24, 2.45) is 11.8 Å². The van der Waals surface area contributed by atoms with Gasteiger partial charge in [0, 0.05) is 39.7 Å². The predicted molar refractivity (Wildman–Crippen MR) is 76.1 cm³/mol. The first-order chi connectivity index (χ1) is 9.47. The Morgan fingerprint density at radius 2 is 2.15 bits per heavy atom. The molecule has 2 atom stereocenters. The molecule has 5 nitrogen and oxygen atoms in total. The number of hydrogen-bond acceptors (Lipinski definition) is 3. The number of carbonyl (C=O) groups excluding carboxylic acids is 2. The van der Waals surface area contributed by atoms with Gasteiger partial charge in [-0.25, -0.2) is 0 Å². The number of rotatable bonds is 5. The molecule has 20 heavy (non-hydrogen) atoms. The monoisotopic (exact) mass is 282 g/mol. The Morgan fingerprint density at radius 1 is 1.40 bits per heavy atom. The standard InChI is InChI=1S/C15H26N2O3/c1-11(2)5-7-20-13-4-6-17(10-13)15(19)12-8-14(18)16(3)9-12/h11-13H,4-10H2,1-3H3/t12-,13+/m0/s1.